The van der Waals surface area contributed by atoms with Crippen LogP contribution in [0.3, 0.4) is 0 Å². The first kappa shape index (κ1) is 22.2. The highest BCUT2D eigenvalue weighted by Gasteiger charge is 2.20. The van der Waals surface area contributed by atoms with Crippen molar-refractivity contribution in [2.75, 3.05) is 0 Å². The molecule has 0 aliphatic heterocycles. The molecule has 0 saturated heterocycles. The molecule has 3 aromatic heterocycles. The van der Waals surface area contributed by atoms with E-state index >= 15 is 0 Å². The first-order valence-electron chi connectivity index (χ1n) is 13.7. The van der Waals surface area contributed by atoms with Crippen molar-refractivity contribution in [2.24, 2.45) is 0 Å². The number of rotatable bonds is 2. The maximum absolute atomic E-state index is 13.2. The standard InChI is InChI=1S/C37H22N2O2/c40-37-30-15-5-4-12-25(30)29-20-19-28-26-13-6-9-17-33(26)39(35(28)36(29)41-37)24-18-21-34-31(22-24)27-14-7-8-16-32(27)38(34)23-10-2-1-3-11-23/h1-22H. The monoisotopic (exact) mass is 526 g/mol. The molecule has 0 aliphatic carbocycles. The topological polar surface area (TPSA) is 40.1 Å². The highest BCUT2D eigenvalue weighted by Crippen LogP contribution is 2.40. The lowest BCUT2D eigenvalue weighted by Gasteiger charge is -2.11. The fourth-order valence-electron chi connectivity index (χ4n) is 6.61. The number of fused-ring (bicyclic) bond motifs is 10. The van der Waals surface area contributed by atoms with Crippen LogP contribution < -0.4 is 5.63 Å². The minimum absolute atomic E-state index is 0.321. The zero-order chi connectivity index (χ0) is 27.1. The minimum Gasteiger partial charge on any atom is -0.420 e. The number of benzene rings is 6. The molecule has 3 heterocycles. The fourth-order valence-corrected chi connectivity index (χ4v) is 6.61. The Kier molecular flexibility index (Phi) is 4.44. The average Bonchev–Trinajstić information content (AvgIpc) is 3.55. The molecular weight excluding hydrogens is 504 g/mol. The normalized spacial score (nSPS) is 12.0. The van der Waals surface area contributed by atoms with Gasteiger partial charge in [0.15, 0.2) is 5.58 Å². The van der Waals surface area contributed by atoms with Crippen LogP contribution in [0, 0.1) is 0 Å². The second kappa shape index (κ2) is 8.20. The van der Waals surface area contributed by atoms with Gasteiger partial charge in [-0.1, -0.05) is 78.9 Å². The van der Waals surface area contributed by atoms with Crippen molar-refractivity contribution < 1.29 is 4.42 Å². The second-order valence-electron chi connectivity index (χ2n) is 10.5. The Morgan fingerprint density at radius 1 is 0.415 bits per heavy atom. The molecule has 0 saturated carbocycles. The van der Waals surface area contributed by atoms with Gasteiger partial charge < -0.3 is 13.6 Å². The van der Waals surface area contributed by atoms with Gasteiger partial charge in [-0.2, -0.15) is 0 Å². The molecule has 4 nitrogen and oxygen atoms in total. The van der Waals surface area contributed by atoms with E-state index in [1.54, 1.807) is 0 Å². The van der Waals surface area contributed by atoms with E-state index in [4.69, 9.17) is 4.42 Å². The molecular formula is C37H22N2O2. The Balaban J connectivity index is 1.44. The fraction of sp³-hybridized carbons (Fsp3) is 0. The number of para-hydroxylation sites is 3. The third-order valence-corrected chi connectivity index (χ3v) is 8.35. The summed E-state index contributed by atoms with van der Waals surface area (Å²) in [5.74, 6) is 0. The van der Waals surface area contributed by atoms with Gasteiger partial charge in [0.2, 0.25) is 0 Å². The van der Waals surface area contributed by atoms with Crippen LogP contribution in [-0.2, 0) is 0 Å². The first-order valence-corrected chi connectivity index (χ1v) is 13.7. The lowest BCUT2D eigenvalue weighted by Crippen LogP contribution is -2.01. The van der Waals surface area contributed by atoms with Crippen molar-refractivity contribution in [1.82, 2.24) is 9.13 Å². The van der Waals surface area contributed by atoms with E-state index in [0.717, 1.165) is 55.0 Å². The first-order chi connectivity index (χ1) is 20.3. The van der Waals surface area contributed by atoms with Gasteiger partial charge >= 0.3 is 5.63 Å². The molecule has 0 atom stereocenters. The van der Waals surface area contributed by atoms with Crippen molar-refractivity contribution in [3.05, 3.63) is 144 Å². The van der Waals surface area contributed by atoms with E-state index in [1.165, 1.54) is 10.8 Å². The Labute approximate surface area is 233 Å². The molecule has 0 unspecified atom stereocenters. The predicted molar refractivity (Wildman–Crippen MR) is 169 cm³/mol. The average molecular weight is 527 g/mol. The number of hydrogen-bond donors (Lipinski definition) is 0. The Hall–Kier alpha value is -5.61. The Morgan fingerprint density at radius 2 is 1.00 bits per heavy atom. The van der Waals surface area contributed by atoms with Gasteiger partial charge in [0.05, 0.1) is 27.5 Å². The summed E-state index contributed by atoms with van der Waals surface area (Å²) in [6, 6.07) is 46.0. The second-order valence-corrected chi connectivity index (χ2v) is 10.5. The molecule has 41 heavy (non-hydrogen) atoms. The summed E-state index contributed by atoms with van der Waals surface area (Å²) in [5, 5.41) is 6.95. The van der Waals surface area contributed by atoms with Crippen LogP contribution in [0.2, 0.25) is 0 Å². The predicted octanol–water partition coefficient (Wildman–Crippen LogP) is 9.14. The van der Waals surface area contributed by atoms with E-state index in [1.807, 2.05) is 30.3 Å². The molecule has 4 heteroatoms. The zero-order valence-electron chi connectivity index (χ0n) is 21.9. The molecule has 9 aromatic rings. The maximum Gasteiger partial charge on any atom is 0.344 e. The Bertz CT molecular complexity index is 2550. The highest BCUT2D eigenvalue weighted by atomic mass is 16.4. The zero-order valence-corrected chi connectivity index (χ0v) is 21.9. The van der Waals surface area contributed by atoms with Gasteiger partial charge in [-0.3, -0.25) is 0 Å². The number of aromatic nitrogens is 2. The lowest BCUT2D eigenvalue weighted by molar-refractivity contribution is 0.572. The number of hydrogen-bond acceptors (Lipinski definition) is 2. The SMILES string of the molecule is O=c1oc2c(ccc3c4ccccc4n(-c4ccc5c(c4)c4ccccc4n5-c4ccccc4)c32)c2ccccc12. The van der Waals surface area contributed by atoms with Gasteiger partial charge in [-0.05, 0) is 60.0 Å². The molecule has 0 spiro atoms. The van der Waals surface area contributed by atoms with E-state index in [9.17, 15) is 4.79 Å². The molecule has 0 amide bonds. The van der Waals surface area contributed by atoms with Crippen LogP contribution in [0.1, 0.15) is 0 Å². The lowest BCUT2D eigenvalue weighted by atomic mass is 10.1. The molecule has 0 N–H and O–H groups in total. The van der Waals surface area contributed by atoms with Gasteiger partial charge in [-0.25, -0.2) is 4.79 Å². The van der Waals surface area contributed by atoms with Crippen molar-refractivity contribution in [3.8, 4) is 11.4 Å². The molecule has 6 aromatic carbocycles. The Morgan fingerprint density at radius 3 is 1.78 bits per heavy atom. The molecule has 0 fully saturated rings. The largest absolute Gasteiger partial charge is 0.420 e. The van der Waals surface area contributed by atoms with E-state index in [-0.39, 0.29) is 5.63 Å². The summed E-state index contributed by atoms with van der Waals surface area (Å²) in [5.41, 5.74) is 6.70. The van der Waals surface area contributed by atoms with E-state index in [0.29, 0.717) is 11.0 Å². The van der Waals surface area contributed by atoms with Crippen LogP contribution >= 0.6 is 0 Å². The van der Waals surface area contributed by atoms with E-state index in [2.05, 4.69) is 112 Å². The summed E-state index contributed by atoms with van der Waals surface area (Å²) in [6.07, 6.45) is 0. The van der Waals surface area contributed by atoms with Crippen molar-refractivity contribution in [2.45, 2.75) is 0 Å². The van der Waals surface area contributed by atoms with Crippen LogP contribution in [0.4, 0.5) is 0 Å². The molecule has 0 aliphatic rings. The van der Waals surface area contributed by atoms with Gasteiger partial charge in [-0.15, -0.1) is 0 Å². The summed E-state index contributed by atoms with van der Waals surface area (Å²) in [7, 11) is 0. The van der Waals surface area contributed by atoms with Crippen LogP contribution in [0.5, 0.6) is 0 Å². The van der Waals surface area contributed by atoms with Crippen LogP contribution in [0.15, 0.2) is 143 Å². The summed E-state index contributed by atoms with van der Waals surface area (Å²) in [4.78, 5) is 13.2. The molecule has 9 rings (SSSR count). The van der Waals surface area contributed by atoms with Gasteiger partial charge in [0.25, 0.3) is 0 Å². The molecule has 0 bridgehead atoms. The van der Waals surface area contributed by atoms with Gasteiger partial charge in [0.1, 0.15) is 0 Å². The van der Waals surface area contributed by atoms with Crippen molar-refractivity contribution >= 4 is 65.4 Å². The summed E-state index contributed by atoms with van der Waals surface area (Å²) >= 11 is 0. The minimum atomic E-state index is -0.321. The quantitative estimate of drug-likeness (QED) is 0.166. The van der Waals surface area contributed by atoms with Crippen molar-refractivity contribution in [3.63, 3.8) is 0 Å². The third-order valence-electron chi connectivity index (χ3n) is 8.35. The molecule has 192 valence electrons. The summed E-state index contributed by atoms with van der Waals surface area (Å²) < 4.78 is 10.7. The van der Waals surface area contributed by atoms with Gasteiger partial charge in [0, 0.05) is 38.3 Å². The summed E-state index contributed by atoms with van der Waals surface area (Å²) in [6.45, 7) is 0. The van der Waals surface area contributed by atoms with Crippen molar-refractivity contribution in [1.29, 1.82) is 0 Å². The smallest absolute Gasteiger partial charge is 0.344 e. The highest BCUT2D eigenvalue weighted by molar-refractivity contribution is 6.21. The maximum atomic E-state index is 13.2. The van der Waals surface area contributed by atoms with Crippen LogP contribution in [0.25, 0.3) is 76.7 Å². The third kappa shape index (κ3) is 3.02. The van der Waals surface area contributed by atoms with E-state index < -0.39 is 0 Å². The van der Waals surface area contributed by atoms with Crippen LogP contribution in [-0.4, -0.2) is 9.13 Å². The number of nitrogens with zero attached hydrogens (tertiary/aromatic N) is 2. The molecule has 0 radical (unpaired) electrons.